The Morgan fingerprint density at radius 3 is 2.29 bits per heavy atom. The van der Waals surface area contributed by atoms with E-state index in [9.17, 15) is 9.18 Å². The molecule has 1 N–H and O–H groups in total. The van der Waals surface area contributed by atoms with Crippen molar-refractivity contribution in [3.05, 3.63) is 154 Å². The summed E-state index contributed by atoms with van der Waals surface area (Å²) < 4.78 is 14.8. The zero-order chi connectivity index (χ0) is 36.2. The number of pyridine rings is 2. The number of nitrogens with zero attached hydrogens (tertiary/aromatic N) is 2. The second-order valence-electron chi connectivity index (χ2n) is 14.3. The van der Waals surface area contributed by atoms with E-state index < -0.39 is 0 Å². The van der Waals surface area contributed by atoms with E-state index in [1.54, 1.807) is 30.3 Å². The van der Waals surface area contributed by atoms with E-state index in [-0.39, 0.29) is 42.9 Å². The number of aryl methyl sites for hydroxylation is 1. The van der Waals surface area contributed by atoms with Gasteiger partial charge in [0.15, 0.2) is 5.78 Å². The summed E-state index contributed by atoms with van der Waals surface area (Å²) in [5.41, 5.74) is 11.2. The zero-order valence-corrected chi connectivity index (χ0v) is 32.7. The van der Waals surface area contributed by atoms with Crippen LogP contribution in [0.2, 0.25) is 0 Å². The topological polar surface area (TPSA) is 63.1 Å². The fraction of sp³-hybridized carbons (Fsp3) is 0.196. The Morgan fingerprint density at radius 1 is 0.846 bits per heavy atom. The summed E-state index contributed by atoms with van der Waals surface area (Å²) in [5, 5.41) is 14.5. The van der Waals surface area contributed by atoms with Gasteiger partial charge in [0.1, 0.15) is 5.82 Å². The molecule has 52 heavy (non-hydrogen) atoms. The number of carbonyl (C=O) groups is 1. The van der Waals surface area contributed by atoms with Crippen LogP contribution >= 0.6 is 0 Å². The molecule has 1 aliphatic carbocycles. The van der Waals surface area contributed by atoms with Gasteiger partial charge in [0.2, 0.25) is 0 Å². The predicted octanol–water partition coefficient (Wildman–Crippen LogP) is 11.9. The molecule has 0 fully saturated rings. The Balaban J connectivity index is 0.000000306. The summed E-state index contributed by atoms with van der Waals surface area (Å²) in [6, 6.07) is 31.1. The van der Waals surface area contributed by atoms with Gasteiger partial charge in [0.25, 0.3) is 0 Å². The molecule has 6 heteroatoms. The van der Waals surface area contributed by atoms with Crippen molar-refractivity contribution in [1.29, 1.82) is 0 Å². The number of hydrogen-bond donors (Lipinski definition) is 1. The molecule has 0 saturated heterocycles. The molecular formula is C46H40FIrN2O2-. The molecule has 0 saturated carbocycles. The van der Waals surface area contributed by atoms with E-state index in [0.29, 0.717) is 11.5 Å². The van der Waals surface area contributed by atoms with Gasteiger partial charge >= 0.3 is 0 Å². The third-order valence-electron chi connectivity index (χ3n) is 10.1. The summed E-state index contributed by atoms with van der Waals surface area (Å²) in [7, 11) is 0. The van der Waals surface area contributed by atoms with Crippen molar-refractivity contribution in [1.82, 2.24) is 9.97 Å². The molecule has 0 bridgehead atoms. The minimum atomic E-state index is -0.320. The summed E-state index contributed by atoms with van der Waals surface area (Å²) in [6.07, 6.45) is 4.94. The molecular weight excluding hydrogens is 824 g/mol. The molecule has 0 unspecified atom stereocenters. The van der Waals surface area contributed by atoms with E-state index in [1.807, 2.05) is 37.5 Å². The van der Waals surface area contributed by atoms with Gasteiger partial charge in [-0.25, -0.2) is 4.39 Å². The summed E-state index contributed by atoms with van der Waals surface area (Å²) >= 11 is 0. The smallest absolute Gasteiger partial charge is 0.189 e. The largest absolute Gasteiger partial charge is 0.512 e. The van der Waals surface area contributed by atoms with Gasteiger partial charge in [-0.3, -0.25) is 14.8 Å². The quantitative estimate of drug-likeness (QED) is 0.0629. The number of ketones is 1. The zero-order valence-electron chi connectivity index (χ0n) is 30.4. The van der Waals surface area contributed by atoms with Gasteiger partial charge in [-0.1, -0.05) is 106 Å². The van der Waals surface area contributed by atoms with E-state index in [1.165, 1.54) is 51.4 Å². The number of allylic oxidation sites excluding steroid dienone is 2. The van der Waals surface area contributed by atoms with Gasteiger partial charge in [-0.15, -0.1) is 18.2 Å². The molecule has 2 aromatic heterocycles. The van der Waals surface area contributed by atoms with Crippen molar-refractivity contribution in [3.8, 4) is 22.4 Å². The average molecular weight is 864 g/mol. The normalized spacial score (nSPS) is 13.1. The Kier molecular flexibility index (Phi) is 10.0. The number of benzene rings is 5. The van der Waals surface area contributed by atoms with Crippen molar-refractivity contribution in [2.75, 3.05) is 0 Å². The first-order valence-electron chi connectivity index (χ1n) is 17.3. The Labute approximate surface area is 317 Å². The van der Waals surface area contributed by atoms with Crippen LogP contribution in [0.4, 0.5) is 4.39 Å². The third kappa shape index (κ3) is 6.25. The Bertz CT molecular complexity index is 2550. The molecule has 0 spiro atoms. The SMILES string of the molecule is C/C(O)=C/C(=O)c1ccccc1.Cc1c(F)ccc2c1C(C)(C)c1c-2c(C(C)C)cc2c1ccc1c(-c3[c-]c4cccnc4c(C)c3)nccc12.[Ir]. The average Bonchev–Trinajstić information content (AvgIpc) is 3.36. The van der Waals surface area contributed by atoms with Crippen LogP contribution in [0.5, 0.6) is 0 Å². The van der Waals surface area contributed by atoms with Crippen molar-refractivity contribution >= 4 is 38.2 Å². The molecule has 7 aromatic rings. The number of halogens is 1. The number of aromatic nitrogens is 2. The number of aliphatic hydroxyl groups excluding tert-OH is 1. The van der Waals surface area contributed by atoms with E-state index >= 15 is 0 Å². The molecule has 263 valence electrons. The monoisotopic (exact) mass is 864 g/mol. The number of aliphatic hydroxyl groups is 1. The van der Waals surface area contributed by atoms with E-state index in [4.69, 9.17) is 10.1 Å². The molecule has 1 radical (unpaired) electrons. The Hall–Kier alpha value is -5.03. The number of fused-ring (bicyclic) bond motifs is 8. The second-order valence-corrected chi connectivity index (χ2v) is 14.3. The maximum absolute atomic E-state index is 14.8. The molecule has 4 nitrogen and oxygen atoms in total. The van der Waals surface area contributed by atoms with Crippen molar-refractivity contribution in [2.45, 2.75) is 59.8 Å². The molecule has 5 aromatic carbocycles. The molecule has 0 amide bonds. The summed E-state index contributed by atoms with van der Waals surface area (Å²) in [4.78, 5) is 20.6. The molecule has 1 aliphatic rings. The maximum Gasteiger partial charge on any atom is 0.189 e. The van der Waals surface area contributed by atoms with Crippen molar-refractivity contribution in [3.63, 3.8) is 0 Å². The summed E-state index contributed by atoms with van der Waals surface area (Å²) in [5.74, 6) is 0.0403. The van der Waals surface area contributed by atoms with Gasteiger partial charge in [-0.05, 0) is 92.9 Å². The van der Waals surface area contributed by atoms with Crippen LogP contribution in [-0.4, -0.2) is 20.9 Å². The van der Waals surface area contributed by atoms with Crippen LogP contribution in [-0.2, 0) is 25.5 Å². The van der Waals surface area contributed by atoms with Crippen LogP contribution in [0.15, 0.2) is 109 Å². The van der Waals surface area contributed by atoms with Crippen LogP contribution in [0.3, 0.4) is 0 Å². The maximum atomic E-state index is 14.8. The predicted molar refractivity (Wildman–Crippen MR) is 207 cm³/mol. The fourth-order valence-corrected chi connectivity index (χ4v) is 7.88. The molecule has 0 aliphatic heterocycles. The Morgan fingerprint density at radius 2 is 1.58 bits per heavy atom. The first-order chi connectivity index (χ1) is 24.4. The standard InChI is InChI=1S/C36H30FN2.C10H10O2.Ir/c1-19(2)28-18-29-24-13-15-39-35(23-16-20(3)34-22(17-23)8-7-14-38-34)26(24)10-9-25(29)33-31(28)27-11-12-30(37)21(4)32(27)36(33,5)6;1-8(11)7-10(12)9-5-3-2-4-6-9;/h7-16,18-19H,1-6H3;2-7,11H,1H3;/q-1;;/b;8-7-;. The fourth-order valence-electron chi connectivity index (χ4n) is 7.88. The molecule has 0 atom stereocenters. The van der Waals surface area contributed by atoms with Gasteiger partial charge in [0, 0.05) is 60.8 Å². The third-order valence-corrected chi connectivity index (χ3v) is 10.1. The first kappa shape index (κ1) is 36.7. The first-order valence-corrected chi connectivity index (χ1v) is 17.3. The second kappa shape index (κ2) is 14.2. The molecule has 2 heterocycles. The van der Waals surface area contributed by atoms with E-state index in [0.717, 1.165) is 44.2 Å². The van der Waals surface area contributed by atoms with Gasteiger partial charge in [0.05, 0.1) is 5.76 Å². The number of rotatable bonds is 4. The number of carbonyl (C=O) groups excluding carboxylic acids is 1. The van der Waals surface area contributed by atoms with Crippen molar-refractivity contribution in [2.24, 2.45) is 0 Å². The minimum absolute atomic E-state index is 0. The number of hydrogen-bond acceptors (Lipinski definition) is 4. The van der Waals surface area contributed by atoms with Crippen LogP contribution in [0, 0.1) is 25.7 Å². The van der Waals surface area contributed by atoms with Crippen molar-refractivity contribution < 1.29 is 34.4 Å². The van der Waals surface area contributed by atoms with Gasteiger partial charge in [-0.2, -0.15) is 0 Å². The van der Waals surface area contributed by atoms with E-state index in [2.05, 4.69) is 82.1 Å². The van der Waals surface area contributed by atoms with Crippen LogP contribution < -0.4 is 0 Å². The van der Waals surface area contributed by atoms with Crippen LogP contribution in [0.25, 0.3) is 54.8 Å². The summed E-state index contributed by atoms with van der Waals surface area (Å²) in [6.45, 7) is 14.5. The van der Waals surface area contributed by atoms with Crippen LogP contribution in [0.1, 0.15) is 78.7 Å². The minimum Gasteiger partial charge on any atom is -0.512 e. The van der Waals surface area contributed by atoms with Gasteiger partial charge < -0.3 is 5.11 Å². The molecule has 8 rings (SSSR count).